The van der Waals surface area contributed by atoms with E-state index in [0.717, 1.165) is 15.9 Å². The lowest BCUT2D eigenvalue weighted by molar-refractivity contribution is -0.119. The van der Waals surface area contributed by atoms with Crippen LogP contribution in [0.5, 0.6) is 0 Å². The zero-order valence-electron chi connectivity index (χ0n) is 10.3. The summed E-state index contributed by atoms with van der Waals surface area (Å²) in [5.74, 6) is -0.0277. The second-order valence-corrected chi connectivity index (χ2v) is 4.87. The molecule has 98 valence electrons. The zero-order chi connectivity index (χ0) is 12.3. The highest BCUT2D eigenvalue weighted by Crippen LogP contribution is 2.21. The second-order valence-electron chi connectivity index (χ2n) is 3.98. The van der Waals surface area contributed by atoms with Gasteiger partial charge in [-0.15, -0.1) is 23.7 Å². The molecule has 1 unspecified atom stereocenters. The molecule has 1 amide bonds. The Morgan fingerprint density at radius 2 is 2.28 bits per heavy atom. The number of rotatable bonds is 4. The molecule has 1 heterocycles. The molecular weight excluding hydrogens is 270 g/mol. The maximum absolute atomic E-state index is 11.8. The maximum Gasteiger partial charge on any atom is 0.228 e. The molecule has 6 heteroatoms. The van der Waals surface area contributed by atoms with Gasteiger partial charge in [0.15, 0.2) is 0 Å². The van der Waals surface area contributed by atoms with Crippen molar-refractivity contribution >= 4 is 45.6 Å². The third kappa shape index (κ3) is 3.41. The summed E-state index contributed by atoms with van der Waals surface area (Å²) in [6, 6.07) is 5.78. The van der Waals surface area contributed by atoms with Crippen LogP contribution in [0, 0.1) is 5.92 Å². The van der Waals surface area contributed by atoms with Crippen LogP contribution >= 0.6 is 23.7 Å². The third-order valence-corrected chi connectivity index (χ3v) is 3.37. The standard InChI is InChI=1S/C12H15N3OS.ClH/c1-8(6-13-2)12(16)15-9-3-4-11-10(5-9)14-7-17-11;/h3-5,7-8,13H,6H2,1-2H3,(H,15,16);1H. The Hall–Kier alpha value is -1.17. The lowest BCUT2D eigenvalue weighted by Gasteiger charge is -2.11. The predicted molar refractivity (Wildman–Crippen MR) is 78.6 cm³/mol. The number of fused-ring (bicyclic) bond motifs is 1. The fraction of sp³-hybridized carbons (Fsp3) is 0.333. The monoisotopic (exact) mass is 285 g/mol. The van der Waals surface area contributed by atoms with Gasteiger partial charge in [0.2, 0.25) is 5.91 Å². The molecule has 1 aromatic carbocycles. The Kier molecular flexibility index (Phi) is 5.53. The third-order valence-electron chi connectivity index (χ3n) is 2.56. The van der Waals surface area contributed by atoms with E-state index in [4.69, 9.17) is 0 Å². The quantitative estimate of drug-likeness (QED) is 0.907. The molecule has 0 bridgehead atoms. The Bertz CT molecular complexity index is 529. The summed E-state index contributed by atoms with van der Waals surface area (Å²) in [7, 11) is 1.84. The van der Waals surface area contributed by atoms with Gasteiger partial charge in [-0.3, -0.25) is 4.79 Å². The molecule has 0 radical (unpaired) electrons. The van der Waals surface area contributed by atoms with Crippen LogP contribution in [0.15, 0.2) is 23.7 Å². The van der Waals surface area contributed by atoms with Crippen molar-refractivity contribution in [2.45, 2.75) is 6.92 Å². The van der Waals surface area contributed by atoms with E-state index in [0.29, 0.717) is 6.54 Å². The first-order valence-corrected chi connectivity index (χ1v) is 6.37. The number of anilines is 1. The van der Waals surface area contributed by atoms with E-state index >= 15 is 0 Å². The number of nitrogens with zero attached hydrogens (tertiary/aromatic N) is 1. The zero-order valence-corrected chi connectivity index (χ0v) is 11.9. The number of benzene rings is 1. The Balaban J connectivity index is 0.00000162. The van der Waals surface area contributed by atoms with Crippen LogP contribution in [0.2, 0.25) is 0 Å². The molecule has 1 aromatic heterocycles. The summed E-state index contributed by atoms with van der Waals surface area (Å²) in [4.78, 5) is 16.0. The van der Waals surface area contributed by atoms with Gasteiger partial charge in [0, 0.05) is 18.2 Å². The van der Waals surface area contributed by atoms with Crippen molar-refractivity contribution in [2.24, 2.45) is 5.92 Å². The van der Waals surface area contributed by atoms with E-state index in [-0.39, 0.29) is 24.2 Å². The van der Waals surface area contributed by atoms with Gasteiger partial charge in [-0.05, 0) is 25.2 Å². The molecule has 1 atom stereocenters. The average molecular weight is 286 g/mol. The van der Waals surface area contributed by atoms with Crippen LogP contribution < -0.4 is 10.6 Å². The summed E-state index contributed by atoms with van der Waals surface area (Å²) in [6.07, 6.45) is 0. The van der Waals surface area contributed by atoms with Gasteiger partial charge >= 0.3 is 0 Å². The van der Waals surface area contributed by atoms with Crippen molar-refractivity contribution in [3.63, 3.8) is 0 Å². The van der Waals surface area contributed by atoms with Crippen LogP contribution in [-0.2, 0) is 4.79 Å². The molecule has 2 rings (SSSR count). The summed E-state index contributed by atoms with van der Waals surface area (Å²) >= 11 is 1.60. The molecule has 4 nitrogen and oxygen atoms in total. The molecule has 2 N–H and O–H groups in total. The molecule has 0 fully saturated rings. The Labute approximate surface area is 116 Å². The minimum atomic E-state index is -0.0499. The molecular formula is C12H16ClN3OS. The molecule has 2 aromatic rings. The van der Waals surface area contributed by atoms with Crippen LogP contribution in [-0.4, -0.2) is 24.5 Å². The predicted octanol–water partition coefficient (Wildman–Crippen LogP) is 2.51. The normalized spacial score (nSPS) is 11.9. The molecule has 0 saturated heterocycles. The van der Waals surface area contributed by atoms with Crippen molar-refractivity contribution in [1.82, 2.24) is 10.3 Å². The second kappa shape index (κ2) is 6.68. The summed E-state index contributed by atoms with van der Waals surface area (Å²) < 4.78 is 1.13. The van der Waals surface area contributed by atoms with E-state index in [1.165, 1.54) is 0 Å². The highest BCUT2D eigenvalue weighted by Gasteiger charge is 2.12. The van der Waals surface area contributed by atoms with E-state index in [2.05, 4.69) is 15.6 Å². The molecule has 18 heavy (non-hydrogen) atoms. The lowest BCUT2D eigenvalue weighted by Crippen LogP contribution is -2.28. The first kappa shape index (κ1) is 14.9. The highest BCUT2D eigenvalue weighted by atomic mass is 35.5. The number of nitrogens with one attached hydrogen (secondary N) is 2. The number of aromatic nitrogens is 1. The van der Waals surface area contributed by atoms with Gasteiger partial charge in [-0.2, -0.15) is 0 Å². The first-order chi connectivity index (χ1) is 8.20. The van der Waals surface area contributed by atoms with E-state index < -0.39 is 0 Å². The van der Waals surface area contributed by atoms with E-state index in [9.17, 15) is 4.79 Å². The number of halogens is 1. The first-order valence-electron chi connectivity index (χ1n) is 5.49. The Morgan fingerprint density at radius 1 is 1.50 bits per heavy atom. The number of hydrogen-bond acceptors (Lipinski definition) is 4. The SMILES string of the molecule is CNCC(C)C(=O)Nc1ccc2scnc2c1.Cl. The summed E-state index contributed by atoms with van der Waals surface area (Å²) in [5.41, 5.74) is 3.53. The number of carbonyl (C=O) groups is 1. The van der Waals surface area contributed by atoms with Crippen molar-refractivity contribution in [3.05, 3.63) is 23.7 Å². The van der Waals surface area contributed by atoms with Gasteiger partial charge in [0.05, 0.1) is 15.7 Å². The average Bonchev–Trinajstić information content (AvgIpc) is 2.76. The smallest absolute Gasteiger partial charge is 0.228 e. The van der Waals surface area contributed by atoms with Gasteiger partial charge in [0.1, 0.15) is 0 Å². The molecule has 0 saturated carbocycles. The van der Waals surface area contributed by atoms with Crippen molar-refractivity contribution in [2.75, 3.05) is 18.9 Å². The molecule has 0 spiro atoms. The van der Waals surface area contributed by atoms with Gasteiger partial charge in [-0.1, -0.05) is 6.92 Å². The lowest BCUT2D eigenvalue weighted by atomic mass is 10.1. The number of carbonyl (C=O) groups excluding carboxylic acids is 1. The molecule has 0 aliphatic heterocycles. The fourth-order valence-electron chi connectivity index (χ4n) is 1.60. The maximum atomic E-state index is 11.8. The van der Waals surface area contributed by atoms with Crippen molar-refractivity contribution in [1.29, 1.82) is 0 Å². The number of amides is 1. The van der Waals surface area contributed by atoms with Crippen molar-refractivity contribution in [3.8, 4) is 0 Å². The molecule has 0 aliphatic carbocycles. The summed E-state index contributed by atoms with van der Waals surface area (Å²) in [5, 5.41) is 5.88. The topological polar surface area (TPSA) is 54.0 Å². The van der Waals surface area contributed by atoms with Gasteiger partial charge < -0.3 is 10.6 Å². The fourth-order valence-corrected chi connectivity index (χ4v) is 2.26. The van der Waals surface area contributed by atoms with Gasteiger partial charge in [-0.25, -0.2) is 4.98 Å². The van der Waals surface area contributed by atoms with Crippen LogP contribution in [0.4, 0.5) is 5.69 Å². The largest absolute Gasteiger partial charge is 0.326 e. The van der Waals surface area contributed by atoms with E-state index in [1.54, 1.807) is 16.8 Å². The highest BCUT2D eigenvalue weighted by molar-refractivity contribution is 7.16. The summed E-state index contributed by atoms with van der Waals surface area (Å²) in [6.45, 7) is 2.57. The van der Waals surface area contributed by atoms with E-state index in [1.807, 2.05) is 32.2 Å². The minimum absolute atomic E-state index is 0. The van der Waals surface area contributed by atoms with Gasteiger partial charge in [0.25, 0.3) is 0 Å². The van der Waals surface area contributed by atoms with Crippen LogP contribution in [0.25, 0.3) is 10.2 Å². The minimum Gasteiger partial charge on any atom is -0.326 e. The molecule has 0 aliphatic rings. The van der Waals surface area contributed by atoms with Crippen LogP contribution in [0.1, 0.15) is 6.92 Å². The number of hydrogen-bond donors (Lipinski definition) is 2. The van der Waals surface area contributed by atoms with Crippen molar-refractivity contribution < 1.29 is 4.79 Å². The number of thiazole rings is 1. The Morgan fingerprint density at radius 3 is 3.00 bits per heavy atom. The van der Waals surface area contributed by atoms with Crippen LogP contribution in [0.3, 0.4) is 0 Å².